The highest BCUT2D eigenvalue weighted by atomic mass is 35.5. The van der Waals surface area contributed by atoms with Gasteiger partial charge in [-0.2, -0.15) is 0 Å². The Bertz CT molecular complexity index is 146. The molecular weight excluding hydrogens is 200 g/mol. The zero-order chi connectivity index (χ0) is 9.73. The van der Waals surface area contributed by atoms with Crippen LogP contribution in [-0.2, 0) is 4.43 Å². The quantitative estimate of drug-likeness (QED) is 0.519. The van der Waals surface area contributed by atoms with Crippen LogP contribution in [0.15, 0.2) is 0 Å². The van der Waals surface area contributed by atoms with Gasteiger partial charge in [-0.3, -0.25) is 0 Å². The van der Waals surface area contributed by atoms with E-state index in [1.807, 2.05) is 0 Å². The summed E-state index contributed by atoms with van der Waals surface area (Å²) in [6.07, 6.45) is 5.61. The second-order valence-corrected chi connectivity index (χ2v) is 8.88. The molecule has 1 aliphatic heterocycles. The molecule has 0 aromatic carbocycles. The molecule has 0 aromatic heterocycles. The molecule has 0 spiro atoms. The lowest BCUT2D eigenvalue weighted by atomic mass is 10.3. The number of halogens is 1. The first-order valence-electron chi connectivity index (χ1n) is 5.46. The summed E-state index contributed by atoms with van der Waals surface area (Å²) in [6, 6.07) is 2.58. The number of hydrogen-bond donors (Lipinski definition) is 0. The van der Waals surface area contributed by atoms with Crippen molar-refractivity contribution in [2.75, 3.05) is 5.50 Å². The monoisotopic (exact) mass is 220 g/mol. The molecule has 0 amide bonds. The van der Waals surface area contributed by atoms with E-state index < -0.39 is 8.32 Å². The molecular formula is C10H21ClOSi. The summed E-state index contributed by atoms with van der Waals surface area (Å²) >= 11 is 6.07. The molecule has 0 radical (unpaired) electrons. The highest BCUT2D eigenvalue weighted by molar-refractivity contribution is 6.80. The van der Waals surface area contributed by atoms with Gasteiger partial charge in [-0.15, -0.1) is 11.6 Å². The second-order valence-electron chi connectivity index (χ2n) is 4.21. The van der Waals surface area contributed by atoms with Crippen LogP contribution < -0.4 is 0 Å². The first kappa shape index (κ1) is 11.5. The Kier molecular flexibility index (Phi) is 4.77. The molecule has 78 valence electrons. The van der Waals surface area contributed by atoms with Crippen LogP contribution in [0.5, 0.6) is 0 Å². The van der Waals surface area contributed by atoms with Gasteiger partial charge in [0.05, 0.1) is 0 Å². The Hall–Kier alpha value is 0.467. The molecule has 0 aliphatic carbocycles. The van der Waals surface area contributed by atoms with Crippen molar-refractivity contribution in [1.29, 1.82) is 0 Å². The summed E-state index contributed by atoms with van der Waals surface area (Å²) in [5.41, 5.74) is 0.803. The molecule has 1 atom stereocenters. The number of alkyl halides is 1. The van der Waals surface area contributed by atoms with Crippen LogP contribution in [-0.4, -0.2) is 19.9 Å². The number of hydrogen-bond acceptors (Lipinski definition) is 1. The maximum Gasteiger partial charge on any atom is 0.207 e. The summed E-state index contributed by atoms with van der Waals surface area (Å²) in [5.74, 6) is 0. The average molecular weight is 221 g/mol. The van der Waals surface area contributed by atoms with Gasteiger partial charge >= 0.3 is 0 Å². The van der Waals surface area contributed by atoms with E-state index in [1.54, 1.807) is 0 Å². The van der Waals surface area contributed by atoms with Gasteiger partial charge in [0.15, 0.2) is 0 Å². The van der Waals surface area contributed by atoms with E-state index in [9.17, 15) is 0 Å². The van der Waals surface area contributed by atoms with Crippen LogP contribution in [0.1, 0.15) is 39.5 Å². The lowest BCUT2D eigenvalue weighted by Gasteiger charge is -2.35. The van der Waals surface area contributed by atoms with Crippen molar-refractivity contribution in [3.8, 4) is 0 Å². The Morgan fingerprint density at radius 1 is 1.31 bits per heavy atom. The Morgan fingerprint density at radius 3 is 2.38 bits per heavy atom. The molecule has 0 N–H and O–H groups in total. The molecule has 13 heavy (non-hydrogen) atoms. The smallest absolute Gasteiger partial charge is 0.207 e. The van der Waals surface area contributed by atoms with Gasteiger partial charge in [0, 0.05) is 11.6 Å². The van der Waals surface area contributed by atoms with Gasteiger partial charge < -0.3 is 4.43 Å². The second kappa shape index (κ2) is 5.37. The largest absolute Gasteiger partial charge is 0.413 e. The van der Waals surface area contributed by atoms with Gasteiger partial charge in [0.2, 0.25) is 8.32 Å². The summed E-state index contributed by atoms with van der Waals surface area (Å²) in [6.45, 7) is 4.36. The minimum atomic E-state index is -1.48. The predicted molar refractivity (Wildman–Crippen MR) is 60.8 cm³/mol. The minimum absolute atomic E-state index is 0.420. The van der Waals surface area contributed by atoms with Crippen molar-refractivity contribution in [2.24, 2.45) is 0 Å². The maximum absolute atomic E-state index is 6.18. The van der Waals surface area contributed by atoms with Crippen LogP contribution in [0.2, 0.25) is 12.1 Å². The topological polar surface area (TPSA) is 9.23 Å². The van der Waals surface area contributed by atoms with E-state index in [4.69, 9.17) is 16.0 Å². The van der Waals surface area contributed by atoms with Crippen molar-refractivity contribution in [2.45, 2.75) is 57.7 Å². The first-order valence-corrected chi connectivity index (χ1v) is 8.52. The summed E-state index contributed by atoms with van der Waals surface area (Å²) in [7, 11) is -1.48. The van der Waals surface area contributed by atoms with Crippen molar-refractivity contribution in [3.63, 3.8) is 0 Å². The molecule has 1 nitrogen and oxygen atoms in total. The highest BCUT2D eigenvalue weighted by Crippen LogP contribution is 2.31. The molecule has 0 aromatic rings. The van der Waals surface area contributed by atoms with Crippen LogP contribution in [0.3, 0.4) is 0 Å². The fourth-order valence-electron chi connectivity index (χ4n) is 1.99. The number of rotatable bonds is 4. The van der Waals surface area contributed by atoms with Crippen molar-refractivity contribution < 1.29 is 4.43 Å². The van der Waals surface area contributed by atoms with E-state index >= 15 is 0 Å². The van der Waals surface area contributed by atoms with Crippen molar-refractivity contribution in [1.82, 2.24) is 0 Å². The summed E-state index contributed by atoms with van der Waals surface area (Å²) in [4.78, 5) is 0. The lowest BCUT2D eigenvalue weighted by molar-refractivity contribution is 0.199. The molecule has 1 aliphatic rings. The zero-order valence-electron chi connectivity index (χ0n) is 8.81. The summed E-state index contributed by atoms with van der Waals surface area (Å²) < 4.78 is 6.18. The van der Waals surface area contributed by atoms with E-state index in [0.29, 0.717) is 6.10 Å². The maximum atomic E-state index is 6.18. The molecule has 1 unspecified atom stereocenters. The van der Waals surface area contributed by atoms with Crippen molar-refractivity contribution >= 4 is 19.9 Å². The van der Waals surface area contributed by atoms with Gasteiger partial charge in [-0.05, 0) is 25.4 Å². The van der Waals surface area contributed by atoms with Gasteiger partial charge in [0.1, 0.15) is 0 Å². The third-order valence-electron chi connectivity index (χ3n) is 3.03. The van der Waals surface area contributed by atoms with Crippen molar-refractivity contribution in [3.05, 3.63) is 0 Å². The normalized spacial score (nSPS) is 24.2. The van der Waals surface area contributed by atoms with E-state index in [-0.39, 0.29) is 0 Å². The minimum Gasteiger partial charge on any atom is -0.413 e. The molecule has 1 heterocycles. The van der Waals surface area contributed by atoms with Gasteiger partial charge in [-0.1, -0.05) is 26.2 Å². The van der Waals surface area contributed by atoms with Crippen LogP contribution in [0.25, 0.3) is 0 Å². The van der Waals surface area contributed by atoms with E-state index in [0.717, 1.165) is 11.9 Å². The fraction of sp³-hybridized carbons (Fsp3) is 1.00. The molecule has 0 saturated carbocycles. The molecule has 3 heteroatoms. The first-order chi connectivity index (χ1) is 6.22. The molecule has 1 saturated heterocycles. The van der Waals surface area contributed by atoms with Crippen LogP contribution >= 0.6 is 11.6 Å². The third-order valence-corrected chi connectivity index (χ3v) is 8.41. The molecule has 1 rings (SSSR count). The van der Waals surface area contributed by atoms with E-state index in [1.165, 1.54) is 31.4 Å². The molecule has 1 fully saturated rings. The Labute approximate surface area is 87.9 Å². The summed E-state index contributed by atoms with van der Waals surface area (Å²) in [5, 5.41) is 0. The van der Waals surface area contributed by atoms with E-state index in [2.05, 4.69) is 13.8 Å². The Morgan fingerprint density at radius 2 is 1.92 bits per heavy atom. The Balaban J connectivity index is 2.47. The van der Waals surface area contributed by atoms with Crippen LogP contribution in [0.4, 0.5) is 0 Å². The predicted octanol–water partition coefficient (Wildman–Crippen LogP) is 3.71. The lowest BCUT2D eigenvalue weighted by Crippen LogP contribution is -2.45. The zero-order valence-corrected chi connectivity index (χ0v) is 10.6. The van der Waals surface area contributed by atoms with Gasteiger partial charge in [-0.25, -0.2) is 0 Å². The van der Waals surface area contributed by atoms with Crippen LogP contribution in [0, 0.1) is 0 Å². The standard InChI is InChI=1S/C10H21ClOSi/c1-3-10(2)12-13(9-11)7-5-4-6-8-13/h10H,3-9H2,1-2H3. The third kappa shape index (κ3) is 3.26. The fourth-order valence-corrected chi connectivity index (χ4v) is 6.60. The molecule has 0 bridgehead atoms. The van der Waals surface area contributed by atoms with Gasteiger partial charge in [0.25, 0.3) is 0 Å². The SMILES string of the molecule is CCC(C)O[Si]1(CCl)CCCCC1. The average Bonchev–Trinajstić information content (AvgIpc) is 2.19. The highest BCUT2D eigenvalue weighted by Gasteiger charge is 2.36.